The Labute approximate surface area is 158 Å². The first kappa shape index (κ1) is 20.4. The molecule has 144 valence electrons. The predicted octanol–water partition coefficient (Wildman–Crippen LogP) is 2.55. The number of ether oxygens (including phenoxy) is 1. The van der Waals surface area contributed by atoms with Crippen LogP contribution in [0.4, 0.5) is 0 Å². The minimum absolute atomic E-state index is 0.0860. The molecule has 7 heteroatoms. The first-order valence-electron chi connectivity index (χ1n) is 8.67. The summed E-state index contributed by atoms with van der Waals surface area (Å²) in [5.74, 6) is 0.431. The molecule has 0 unspecified atom stereocenters. The van der Waals surface area contributed by atoms with Gasteiger partial charge in [0.1, 0.15) is 11.5 Å². The molecule has 0 aliphatic heterocycles. The molecule has 1 aromatic heterocycles. The van der Waals surface area contributed by atoms with Gasteiger partial charge >= 0.3 is 0 Å². The van der Waals surface area contributed by atoms with Crippen molar-refractivity contribution in [1.29, 1.82) is 0 Å². The summed E-state index contributed by atoms with van der Waals surface area (Å²) in [5, 5.41) is 23.2. The van der Waals surface area contributed by atoms with Gasteiger partial charge in [0.15, 0.2) is 6.61 Å². The number of nitrogens with zero attached hydrogens (tertiary/aromatic N) is 2. The number of aryl methyl sites for hydroxylation is 2. The van der Waals surface area contributed by atoms with Gasteiger partial charge in [-0.05, 0) is 37.0 Å². The number of rotatable bonds is 7. The quantitative estimate of drug-likeness (QED) is 0.512. The fourth-order valence-electron chi connectivity index (χ4n) is 2.51. The highest BCUT2D eigenvalue weighted by atomic mass is 16.5. The lowest BCUT2D eigenvalue weighted by atomic mass is 10.0. The van der Waals surface area contributed by atoms with Gasteiger partial charge in [0, 0.05) is 17.3 Å². The highest BCUT2D eigenvalue weighted by Gasteiger charge is 2.11. The third kappa shape index (κ3) is 5.27. The summed E-state index contributed by atoms with van der Waals surface area (Å²) in [7, 11) is 0. The molecule has 2 aromatic rings. The van der Waals surface area contributed by atoms with Gasteiger partial charge in [-0.2, -0.15) is 5.10 Å². The topological polar surface area (TPSA) is 104 Å². The van der Waals surface area contributed by atoms with Crippen LogP contribution in [0, 0.1) is 13.8 Å². The van der Waals surface area contributed by atoms with E-state index in [2.05, 4.69) is 29.4 Å². The standard InChI is InChI=1S/C20H25N3O4/c1-12(2)16-6-5-13(3)7-18(16)27-11-19(25)23-22-9-17-15(10-24)8-21-14(4)20(17)26/h5-9,12,24,26H,10-11H2,1-4H3,(H,23,25)/b22-9+. The maximum Gasteiger partial charge on any atom is 0.277 e. The number of nitrogens with one attached hydrogen (secondary N) is 1. The first-order chi connectivity index (χ1) is 12.8. The molecular formula is C20H25N3O4. The van der Waals surface area contributed by atoms with Crippen LogP contribution >= 0.6 is 0 Å². The van der Waals surface area contributed by atoms with Crippen LogP contribution in [0.5, 0.6) is 11.5 Å². The summed E-state index contributed by atoms with van der Waals surface area (Å²) < 4.78 is 5.65. The number of amides is 1. The Morgan fingerprint density at radius 3 is 2.78 bits per heavy atom. The molecule has 0 bridgehead atoms. The number of hydrogen-bond donors (Lipinski definition) is 3. The van der Waals surface area contributed by atoms with Crippen LogP contribution in [0.1, 0.15) is 47.7 Å². The van der Waals surface area contributed by atoms with Gasteiger partial charge < -0.3 is 14.9 Å². The van der Waals surface area contributed by atoms with Crippen molar-refractivity contribution in [3.05, 3.63) is 52.3 Å². The van der Waals surface area contributed by atoms with Crippen molar-refractivity contribution in [2.75, 3.05) is 6.61 Å². The number of hydrogen-bond acceptors (Lipinski definition) is 6. The number of benzene rings is 1. The number of pyridine rings is 1. The van der Waals surface area contributed by atoms with E-state index >= 15 is 0 Å². The van der Waals surface area contributed by atoms with E-state index in [4.69, 9.17) is 4.74 Å². The van der Waals surface area contributed by atoms with Crippen molar-refractivity contribution in [2.24, 2.45) is 5.10 Å². The summed E-state index contributed by atoms with van der Waals surface area (Å²) in [6.07, 6.45) is 2.73. The van der Waals surface area contributed by atoms with E-state index in [1.807, 2.05) is 25.1 Å². The predicted molar refractivity (Wildman–Crippen MR) is 103 cm³/mol. The van der Waals surface area contributed by atoms with Crippen molar-refractivity contribution in [1.82, 2.24) is 10.4 Å². The van der Waals surface area contributed by atoms with Crippen LogP contribution in [0.25, 0.3) is 0 Å². The summed E-state index contributed by atoms with van der Waals surface area (Å²) in [6.45, 7) is 7.23. The smallest absolute Gasteiger partial charge is 0.277 e. The third-order valence-electron chi connectivity index (χ3n) is 4.06. The van der Waals surface area contributed by atoms with Gasteiger partial charge in [0.2, 0.25) is 0 Å². The van der Waals surface area contributed by atoms with Gasteiger partial charge in [-0.3, -0.25) is 9.78 Å². The fourth-order valence-corrected chi connectivity index (χ4v) is 2.51. The minimum Gasteiger partial charge on any atom is -0.505 e. The molecule has 0 fully saturated rings. The Hall–Kier alpha value is -2.93. The minimum atomic E-state index is -0.432. The maximum absolute atomic E-state index is 12.0. The number of aromatic nitrogens is 1. The van der Waals surface area contributed by atoms with Crippen LogP contribution in [-0.4, -0.2) is 33.9 Å². The Balaban J connectivity index is 2.01. The molecule has 0 aliphatic rings. The molecule has 1 heterocycles. The molecule has 0 radical (unpaired) electrons. The highest BCUT2D eigenvalue weighted by Crippen LogP contribution is 2.27. The van der Waals surface area contributed by atoms with E-state index in [1.54, 1.807) is 6.92 Å². The maximum atomic E-state index is 12.0. The molecule has 3 N–H and O–H groups in total. The molecule has 0 aliphatic carbocycles. The van der Waals surface area contributed by atoms with Crippen LogP contribution in [-0.2, 0) is 11.4 Å². The van der Waals surface area contributed by atoms with Crippen LogP contribution < -0.4 is 10.2 Å². The van der Waals surface area contributed by atoms with Gasteiger partial charge in [-0.15, -0.1) is 0 Å². The van der Waals surface area contributed by atoms with Crippen molar-refractivity contribution in [3.63, 3.8) is 0 Å². The first-order valence-corrected chi connectivity index (χ1v) is 8.67. The number of aromatic hydroxyl groups is 1. The van der Waals surface area contributed by atoms with Crippen LogP contribution in [0.3, 0.4) is 0 Å². The second kappa shape index (κ2) is 9.14. The summed E-state index contributed by atoms with van der Waals surface area (Å²) in [4.78, 5) is 16.0. The summed E-state index contributed by atoms with van der Waals surface area (Å²) in [6, 6.07) is 5.90. The SMILES string of the molecule is Cc1ccc(C(C)C)c(OCC(=O)N/N=C/c2c(CO)cnc(C)c2O)c1. The highest BCUT2D eigenvalue weighted by molar-refractivity contribution is 5.87. The molecular weight excluding hydrogens is 346 g/mol. The second-order valence-electron chi connectivity index (χ2n) is 6.57. The number of aliphatic hydroxyl groups is 1. The van der Waals surface area contributed by atoms with Gasteiger partial charge in [0.25, 0.3) is 5.91 Å². The lowest BCUT2D eigenvalue weighted by Gasteiger charge is -2.14. The zero-order valence-corrected chi connectivity index (χ0v) is 16.0. The zero-order chi connectivity index (χ0) is 20.0. The van der Waals surface area contributed by atoms with E-state index < -0.39 is 5.91 Å². The molecule has 1 amide bonds. The van der Waals surface area contributed by atoms with Gasteiger partial charge in [-0.25, -0.2) is 5.43 Å². The monoisotopic (exact) mass is 371 g/mol. The van der Waals surface area contributed by atoms with Crippen LogP contribution in [0.2, 0.25) is 0 Å². The zero-order valence-electron chi connectivity index (χ0n) is 16.0. The number of carbonyl (C=O) groups excluding carboxylic acids is 1. The molecule has 1 aromatic carbocycles. The number of aliphatic hydroxyl groups excluding tert-OH is 1. The largest absolute Gasteiger partial charge is 0.505 e. The Bertz CT molecular complexity index is 847. The van der Waals surface area contributed by atoms with Crippen molar-refractivity contribution < 1.29 is 19.7 Å². The lowest BCUT2D eigenvalue weighted by Crippen LogP contribution is -2.25. The summed E-state index contributed by atoms with van der Waals surface area (Å²) >= 11 is 0. The van der Waals surface area contributed by atoms with E-state index in [9.17, 15) is 15.0 Å². The average molecular weight is 371 g/mol. The van der Waals surface area contributed by atoms with Crippen LogP contribution in [0.15, 0.2) is 29.5 Å². The Morgan fingerprint density at radius 2 is 2.11 bits per heavy atom. The van der Waals surface area contributed by atoms with Crippen molar-refractivity contribution >= 4 is 12.1 Å². The van der Waals surface area contributed by atoms with E-state index in [1.165, 1.54) is 12.4 Å². The number of hydrazone groups is 1. The molecule has 0 saturated heterocycles. The van der Waals surface area contributed by atoms with Crippen molar-refractivity contribution in [3.8, 4) is 11.5 Å². The number of carbonyl (C=O) groups is 1. The molecule has 2 rings (SSSR count). The van der Waals surface area contributed by atoms with Crippen molar-refractivity contribution in [2.45, 2.75) is 40.2 Å². The van der Waals surface area contributed by atoms with Gasteiger partial charge in [0.05, 0.1) is 18.5 Å². The normalized spacial score (nSPS) is 11.2. The third-order valence-corrected chi connectivity index (χ3v) is 4.06. The van der Waals surface area contributed by atoms with E-state index in [0.717, 1.165) is 11.1 Å². The molecule has 7 nitrogen and oxygen atoms in total. The Kier molecular flexibility index (Phi) is 6.90. The fraction of sp³-hybridized carbons (Fsp3) is 0.350. The Morgan fingerprint density at radius 1 is 1.37 bits per heavy atom. The second-order valence-corrected chi connectivity index (χ2v) is 6.57. The van der Waals surface area contributed by atoms with Gasteiger partial charge in [-0.1, -0.05) is 26.0 Å². The average Bonchev–Trinajstić information content (AvgIpc) is 2.63. The molecule has 0 saturated carbocycles. The molecule has 0 spiro atoms. The molecule has 27 heavy (non-hydrogen) atoms. The van der Waals surface area contributed by atoms with E-state index in [0.29, 0.717) is 22.6 Å². The summed E-state index contributed by atoms with van der Waals surface area (Å²) in [5.41, 5.74) is 5.56. The lowest BCUT2D eigenvalue weighted by molar-refractivity contribution is -0.123. The molecule has 0 atom stereocenters. The van der Waals surface area contributed by atoms with E-state index in [-0.39, 0.29) is 24.9 Å².